The highest BCUT2D eigenvalue weighted by Crippen LogP contribution is 2.28. The zero-order valence-electron chi connectivity index (χ0n) is 20.2. The number of carbonyl (C=O) groups excluding carboxylic acids is 2. The first-order chi connectivity index (χ1) is 16.2. The van der Waals surface area contributed by atoms with E-state index < -0.39 is 5.60 Å². The van der Waals surface area contributed by atoms with Crippen molar-refractivity contribution in [1.29, 1.82) is 0 Å². The van der Waals surface area contributed by atoms with E-state index in [-0.39, 0.29) is 18.2 Å². The van der Waals surface area contributed by atoms with E-state index in [2.05, 4.69) is 15.2 Å². The maximum atomic E-state index is 12.9. The lowest BCUT2D eigenvalue weighted by atomic mass is 10.1. The fourth-order valence-corrected chi connectivity index (χ4v) is 4.71. The predicted octanol–water partition coefficient (Wildman–Crippen LogP) is 4.51. The molecule has 1 unspecified atom stereocenters. The van der Waals surface area contributed by atoms with Crippen LogP contribution in [0.4, 0.5) is 15.3 Å². The summed E-state index contributed by atoms with van der Waals surface area (Å²) in [6.07, 6.45) is 3.96. The number of anilines is 1. The lowest BCUT2D eigenvalue weighted by Crippen LogP contribution is -2.53. The van der Waals surface area contributed by atoms with Crippen LogP contribution in [0.1, 0.15) is 40.0 Å². The number of carbonyl (C=O) groups is 2. The molecule has 2 fully saturated rings. The molecule has 0 spiro atoms. The molecule has 4 rings (SSSR count). The topological polar surface area (TPSA) is 78.0 Å². The van der Waals surface area contributed by atoms with Crippen LogP contribution in [0.5, 0.6) is 0 Å². The van der Waals surface area contributed by atoms with E-state index in [9.17, 15) is 9.59 Å². The molecule has 2 aliphatic rings. The van der Waals surface area contributed by atoms with Gasteiger partial charge in [-0.05, 0) is 64.3 Å². The third-order valence-corrected chi connectivity index (χ3v) is 6.53. The smallest absolute Gasteiger partial charge is 0.410 e. The van der Waals surface area contributed by atoms with Gasteiger partial charge in [-0.25, -0.2) is 9.59 Å². The summed E-state index contributed by atoms with van der Waals surface area (Å²) in [5.74, 6) is 0. The molecule has 2 saturated heterocycles. The fourth-order valence-electron chi connectivity index (χ4n) is 4.55. The molecule has 34 heavy (non-hydrogen) atoms. The quantitative estimate of drug-likeness (QED) is 0.674. The highest BCUT2D eigenvalue weighted by Gasteiger charge is 2.28. The van der Waals surface area contributed by atoms with E-state index >= 15 is 0 Å². The maximum Gasteiger partial charge on any atom is 0.410 e. The first-order valence-corrected chi connectivity index (χ1v) is 12.4. The molecule has 2 aromatic rings. The van der Waals surface area contributed by atoms with Gasteiger partial charge >= 0.3 is 12.1 Å². The molecule has 0 saturated carbocycles. The summed E-state index contributed by atoms with van der Waals surface area (Å²) in [4.78, 5) is 35.7. The van der Waals surface area contributed by atoms with Crippen molar-refractivity contribution in [2.24, 2.45) is 0 Å². The minimum Gasteiger partial charge on any atom is -0.444 e. The van der Waals surface area contributed by atoms with Crippen molar-refractivity contribution in [2.75, 3.05) is 44.2 Å². The second-order valence-corrected chi connectivity index (χ2v) is 10.4. The first-order valence-electron chi connectivity index (χ1n) is 12.0. The molecule has 0 aliphatic carbocycles. The molecule has 1 aromatic heterocycles. The van der Waals surface area contributed by atoms with Gasteiger partial charge in [0.15, 0.2) is 0 Å². The van der Waals surface area contributed by atoms with Gasteiger partial charge in [0.2, 0.25) is 0 Å². The lowest BCUT2D eigenvalue weighted by Gasteiger charge is -2.37. The SMILES string of the molecule is CC(C)(C)OC(=O)N1CCCC(NC(=O)N2CCN(c3ccnc4cc(Cl)ccc34)CC2)CC1. The molecule has 184 valence electrons. The molecular weight excluding hydrogens is 454 g/mol. The van der Waals surface area contributed by atoms with E-state index in [0.717, 1.165) is 48.9 Å². The number of aromatic nitrogens is 1. The monoisotopic (exact) mass is 487 g/mol. The van der Waals surface area contributed by atoms with Gasteiger partial charge in [0.05, 0.1) is 5.52 Å². The zero-order valence-corrected chi connectivity index (χ0v) is 21.0. The van der Waals surface area contributed by atoms with E-state index in [1.165, 1.54) is 0 Å². The van der Waals surface area contributed by atoms with E-state index in [4.69, 9.17) is 16.3 Å². The third kappa shape index (κ3) is 6.03. The van der Waals surface area contributed by atoms with Gasteiger partial charge in [-0.1, -0.05) is 11.6 Å². The number of urea groups is 1. The van der Waals surface area contributed by atoms with Crippen molar-refractivity contribution >= 4 is 40.3 Å². The van der Waals surface area contributed by atoms with Gasteiger partial charge in [0.1, 0.15) is 5.60 Å². The number of fused-ring (bicyclic) bond motifs is 1. The van der Waals surface area contributed by atoms with Gasteiger partial charge in [-0.15, -0.1) is 0 Å². The number of benzene rings is 1. The molecule has 8 nitrogen and oxygen atoms in total. The predicted molar refractivity (Wildman–Crippen MR) is 135 cm³/mol. The number of hydrogen-bond acceptors (Lipinski definition) is 5. The summed E-state index contributed by atoms with van der Waals surface area (Å²) in [5.41, 5.74) is 1.49. The summed E-state index contributed by atoms with van der Waals surface area (Å²) in [6, 6.07) is 7.82. The lowest BCUT2D eigenvalue weighted by molar-refractivity contribution is 0.0256. The van der Waals surface area contributed by atoms with Crippen molar-refractivity contribution in [3.63, 3.8) is 0 Å². The maximum absolute atomic E-state index is 12.9. The summed E-state index contributed by atoms with van der Waals surface area (Å²) in [7, 11) is 0. The van der Waals surface area contributed by atoms with Gasteiger partial charge in [-0.3, -0.25) is 4.98 Å². The Labute approximate surface area is 206 Å². The minimum absolute atomic E-state index is 0.0262. The first kappa shape index (κ1) is 24.4. The highest BCUT2D eigenvalue weighted by molar-refractivity contribution is 6.31. The summed E-state index contributed by atoms with van der Waals surface area (Å²) in [5, 5.41) is 4.93. The third-order valence-electron chi connectivity index (χ3n) is 6.30. The summed E-state index contributed by atoms with van der Waals surface area (Å²) in [6.45, 7) is 9.69. The Morgan fingerprint density at radius 2 is 1.79 bits per heavy atom. The molecule has 0 radical (unpaired) electrons. The standard InChI is InChI=1S/C25H34ClN5O3/c1-25(2,3)34-24(33)31-11-4-5-19(9-12-31)28-23(32)30-15-13-29(14-16-30)22-8-10-27-21-17-18(26)6-7-20(21)22/h6-8,10,17,19H,4-5,9,11-16H2,1-3H3,(H,28,32). The number of likely N-dealkylation sites (tertiary alicyclic amines) is 1. The molecule has 2 aliphatic heterocycles. The Kier molecular flexibility index (Phi) is 7.36. The van der Waals surface area contributed by atoms with Crippen LogP contribution >= 0.6 is 11.6 Å². The average Bonchev–Trinajstić information content (AvgIpc) is 3.03. The van der Waals surface area contributed by atoms with Crippen molar-refractivity contribution in [3.8, 4) is 0 Å². The number of hydrogen-bond donors (Lipinski definition) is 1. The summed E-state index contributed by atoms with van der Waals surface area (Å²) < 4.78 is 5.50. The normalized spacial score (nSPS) is 19.6. The van der Waals surface area contributed by atoms with Crippen molar-refractivity contribution in [3.05, 3.63) is 35.5 Å². The van der Waals surface area contributed by atoms with Gasteiger partial charge in [0.25, 0.3) is 0 Å². The van der Waals surface area contributed by atoms with Crippen LogP contribution in [-0.2, 0) is 4.74 Å². The summed E-state index contributed by atoms with van der Waals surface area (Å²) >= 11 is 6.12. The van der Waals surface area contributed by atoms with E-state index in [0.29, 0.717) is 31.2 Å². The number of nitrogens with zero attached hydrogens (tertiary/aromatic N) is 4. The Morgan fingerprint density at radius 3 is 2.53 bits per heavy atom. The molecule has 3 heterocycles. The molecule has 1 N–H and O–H groups in total. The van der Waals surface area contributed by atoms with E-state index in [1.54, 1.807) is 11.1 Å². The number of rotatable bonds is 2. The number of nitrogens with one attached hydrogen (secondary N) is 1. The molecule has 1 aromatic carbocycles. The van der Waals surface area contributed by atoms with Crippen LogP contribution in [0, 0.1) is 0 Å². The average molecular weight is 488 g/mol. The second-order valence-electron chi connectivity index (χ2n) is 10.0. The van der Waals surface area contributed by atoms with Gasteiger partial charge < -0.3 is 24.8 Å². The Balaban J connectivity index is 1.29. The number of pyridine rings is 1. The van der Waals surface area contributed by atoms with Crippen LogP contribution in [-0.4, -0.2) is 77.8 Å². The Bertz CT molecular complexity index is 1030. The zero-order chi connectivity index (χ0) is 24.3. The molecule has 3 amide bonds. The number of halogens is 1. The Hall–Kier alpha value is -2.74. The van der Waals surface area contributed by atoms with Gasteiger partial charge in [0, 0.05) is 67.6 Å². The van der Waals surface area contributed by atoms with Crippen LogP contribution in [0.25, 0.3) is 10.9 Å². The highest BCUT2D eigenvalue weighted by atomic mass is 35.5. The second kappa shape index (κ2) is 10.3. The number of amides is 3. The largest absolute Gasteiger partial charge is 0.444 e. The van der Waals surface area contributed by atoms with Crippen molar-refractivity contribution < 1.29 is 14.3 Å². The molecule has 0 bridgehead atoms. The van der Waals surface area contributed by atoms with Crippen LogP contribution in [0.2, 0.25) is 5.02 Å². The fraction of sp³-hybridized carbons (Fsp3) is 0.560. The Morgan fingerprint density at radius 1 is 1.03 bits per heavy atom. The number of piperazine rings is 1. The van der Waals surface area contributed by atoms with Crippen molar-refractivity contribution in [1.82, 2.24) is 20.1 Å². The minimum atomic E-state index is -0.505. The molecular formula is C25H34ClN5O3. The van der Waals surface area contributed by atoms with Crippen LogP contribution in [0.3, 0.4) is 0 Å². The van der Waals surface area contributed by atoms with Crippen molar-refractivity contribution in [2.45, 2.75) is 51.7 Å². The molecule has 1 atom stereocenters. The number of ether oxygens (including phenoxy) is 1. The molecule has 9 heteroatoms. The van der Waals surface area contributed by atoms with Crippen LogP contribution < -0.4 is 10.2 Å². The van der Waals surface area contributed by atoms with Gasteiger partial charge in [-0.2, -0.15) is 0 Å². The van der Waals surface area contributed by atoms with Crippen LogP contribution in [0.15, 0.2) is 30.5 Å². The van der Waals surface area contributed by atoms with E-state index in [1.807, 2.05) is 49.9 Å².